The number of nitrogens with one attached hydrogen (secondary N) is 1. The second-order valence-electron chi connectivity index (χ2n) is 3.25. The number of aromatic amines is 1. The highest BCUT2D eigenvalue weighted by Gasteiger charge is 2.06. The Bertz CT molecular complexity index is 467. The van der Waals surface area contributed by atoms with Crippen LogP contribution in [0.25, 0.3) is 0 Å². The largest absolute Gasteiger partial charge is 0.426 e. The van der Waals surface area contributed by atoms with E-state index in [1.807, 2.05) is 31.2 Å². The van der Waals surface area contributed by atoms with Crippen LogP contribution in [-0.4, -0.2) is 5.27 Å². The van der Waals surface area contributed by atoms with Crippen LogP contribution in [0.3, 0.4) is 0 Å². The Morgan fingerprint density at radius 2 is 2.07 bits per heavy atom. The number of nitrogens with zero attached hydrogens (tertiary/aromatic N) is 1. The molecule has 72 valence electrons. The maximum Gasteiger partial charge on any atom is 0.426 e. The van der Waals surface area contributed by atoms with Crippen LogP contribution >= 0.6 is 0 Å². The number of aromatic nitrogens is 2. The van der Waals surface area contributed by atoms with Crippen LogP contribution in [0.15, 0.2) is 39.8 Å². The summed E-state index contributed by atoms with van der Waals surface area (Å²) in [7, 11) is 0. The molecule has 0 aliphatic carbocycles. The van der Waals surface area contributed by atoms with Crippen molar-refractivity contribution in [3.05, 3.63) is 52.0 Å². The maximum atomic E-state index is 10.7. The van der Waals surface area contributed by atoms with Crippen molar-refractivity contribution in [1.29, 1.82) is 0 Å². The lowest BCUT2D eigenvalue weighted by Gasteiger charge is -1.94. The first-order chi connectivity index (χ1) is 6.74. The lowest BCUT2D eigenvalue weighted by atomic mass is 10.1. The molecule has 1 aromatic carbocycles. The van der Waals surface area contributed by atoms with Crippen LogP contribution in [0.1, 0.15) is 11.1 Å². The first-order valence-corrected chi connectivity index (χ1v) is 4.37. The highest BCUT2D eigenvalue weighted by Crippen LogP contribution is 2.01. The second-order valence-corrected chi connectivity index (χ2v) is 3.25. The van der Waals surface area contributed by atoms with Gasteiger partial charge in [-0.1, -0.05) is 34.5 Å². The number of aryl methyl sites for hydroxylation is 1. The lowest BCUT2D eigenvalue weighted by Crippen LogP contribution is -2.35. The minimum atomic E-state index is -0.364. The first-order valence-electron chi connectivity index (χ1n) is 4.37. The first kappa shape index (κ1) is 8.74. The van der Waals surface area contributed by atoms with Gasteiger partial charge in [-0.25, -0.2) is 4.79 Å². The Balaban J connectivity index is 2.19. The average molecular weight is 191 g/mol. The van der Waals surface area contributed by atoms with E-state index in [4.69, 9.17) is 0 Å². The van der Waals surface area contributed by atoms with Crippen LogP contribution < -0.4 is 10.3 Å². The van der Waals surface area contributed by atoms with Crippen LogP contribution in [0, 0.1) is 6.92 Å². The van der Waals surface area contributed by atoms with Crippen LogP contribution in [0.5, 0.6) is 0 Å². The van der Waals surface area contributed by atoms with E-state index in [9.17, 15) is 4.79 Å². The van der Waals surface area contributed by atoms with Gasteiger partial charge in [-0.15, -0.1) is 0 Å². The predicted molar refractivity (Wildman–Crippen MR) is 49.8 cm³/mol. The van der Waals surface area contributed by atoms with Crippen molar-refractivity contribution in [2.45, 2.75) is 13.5 Å². The van der Waals surface area contributed by atoms with E-state index in [2.05, 4.69) is 9.79 Å². The molecule has 0 amide bonds. The third kappa shape index (κ3) is 1.90. The van der Waals surface area contributed by atoms with Gasteiger partial charge in [0.2, 0.25) is 6.54 Å². The van der Waals surface area contributed by atoms with Crippen molar-refractivity contribution < 1.29 is 9.20 Å². The van der Waals surface area contributed by atoms with Crippen molar-refractivity contribution in [2.75, 3.05) is 0 Å². The van der Waals surface area contributed by atoms with Crippen molar-refractivity contribution in [3.63, 3.8) is 0 Å². The summed E-state index contributed by atoms with van der Waals surface area (Å²) in [5, 5.41) is 2.50. The quantitative estimate of drug-likeness (QED) is 0.707. The monoisotopic (exact) mass is 191 g/mol. The van der Waals surface area contributed by atoms with E-state index >= 15 is 0 Å². The van der Waals surface area contributed by atoms with Crippen molar-refractivity contribution in [1.82, 2.24) is 5.27 Å². The third-order valence-corrected chi connectivity index (χ3v) is 2.00. The van der Waals surface area contributed by atoms with E-state index < -0.39 is 0 Å². The van der Waals surface area contributed by atoms with Gasteiger partial charge in [0.25, 0.3) is 6.20 Å². The molecule has 0 radical (unpaired) electrons. The molecule has 0 spiro atoms. The minimum Gasteiger partial charge on any atom is -0.284 e. The Morgan fingerprint density at radius 1 is 1.36 bits per heavy atom. The molecule has 4 nitrogen and oxygen atoms in total. The Hall–Kier alpha value is -1.84. The standard InChI is InChI=1S/C10H10N2O2/c1-8-2-4-9(5-3-8)6-12-7-10(13)14-11-12/h2-5,7H,6H2,1H3/p+1. The summed E-state index contributed by atoms with van der Waals surface area (Å²) in [5.74, 6) is 0. The topological polar surface area (TPSA) is 49.9 Å². The van der Waals surface area contributed by atoms with Gasteiger partial charge in [0, 0.05) is 5.56 Å². The predicted octanol–water partition coefficient (Wildman–Crippen LogP) is 0.612. The number of hydrogen-bond donors (Lipinski definition) is 1. The van der Waals surface area contributed by atoms with Crippen LogP contribution in [0.2, 0.25) is 0 Å². The average Bonchev–Trinajstić information content (AvgIpc) is 2.56. The molecular formula is C10H11N2O2+. The smallest absolute Gasteiger partial charge is 0.284 e. The SMILES string of the molecule is Cc1ccc(C[n+]2cc(=O)o[nH]2)cc1. The number of hydrogen-bond acceptors (Lipinski definition) is 2. The van der Waals surface area contributed by atoms with Gasteiger partial charge in [-0.05, 0) is 12.2 Å². The highest BCUT2D eigenvalue weighted by molar-refractivity contribution is 5.20. The Labute approximate surface area is 80.7 Å². The number of benzene rings is 1. The fraction of sp³-hybridized carbons (Fsp3) is 0.200. The molecule has 0 saturated heterocycles. The maximum absolute atomic E-state index is 10.7. The lowest BCUT2D eigenvalue weighted by molar-refractivity contribution is -0.754. The summed E-state index contributed by atoms with van der Waals surface area (Å²) >= 11 is 0. The van der Waals surface area contributed by atoms with Gasteiger partial charge in [0.05, 0.1) is 0 Å². The summed E-state index contributed by atoms with van der Waals surface area (Å²) in [6.07, 6.45) is 1.39. The van der Waals surface area contributed by atoms with Crippen LogP contribution in [0.4, 0.5) is 0 Å². The molecule has 14 heavy (non-hydrogen) atoms. The van der Waals surface area contributed by atoms with Crippen LogP contribution in [-0.2, 0) is 6.54 Å². The summed E-state index contributed by atoms with van der Waals surface area (Å²) in [4.78, 5) is 10.7. The van der Waals surface area contributed by atoms with E-state index in [-0.39, 0.29) is 5.63 Å². The molecular weight excluding hydrogens is 180 g/mol. The number of H-pyrrole nitrogens is 1. The molecule has 2 rings (SSSR count). The molecule has 2 aromatic rings. The van der Waals surface area contributed by atoms with Gasteiger partial charge < -0.3 is 0 Å². The highest BCUT2D eigenvalue weighted by atomic mass is 16.5. The van der Waals surface area contributed by atoms with Crippen molar-refractivity contribution in [3.8, 4) is 0 Å². The van der Waals surface area contributed by atoms with Gasteiger partial charge in [-0.2, -0.15) is 0 Å². The van der Waals surface area contributed by atoms with Crippen molar-refractivity contribution in [2.24, 2.45) is 0 Å². The molecule has 1 heterocycles. The van der Waals surface area contributed by atoms with Crippen molar-refractivity contribution >= 4 is 0 Å². The molecule has 0 saturated carbocycles. The molecule has 0 aliphatic heterocycles. The molecule has 0 bridgehead atoms. The fourth-order valence-electron chi connectivity index (χ4n) is 1.25. The Kier molecular flexibility index (Phi) is 2.18. The molecule has 4 heteroatoms. The van der Waals surface area contributed by atoms with E-state index in [0.29, 0.717) is 6.54 Å². The molecule has 1 aromatic heterocycles. The minimum absolute atomic E-state index is 0.364. The summed E-state index contributed by atoms with van der Waals surface area (Å²) in [5.41, 5.74) is 1.98. The van der Waals surface area contributed by atoms with Gasteiger partial charge in [0.1, 0.15) is 0 Å². The van der Waals surface area contributed by atoms with E-state index in [1.54, 1.807) is 4.68 Å². The molecule has 1 N–H and O–H groups in total. The zero-order valence-corrected chi connectivity index (χ0v) is 7.86. The molecule has 0 fully saturated rings. The number of rotatable bonds is 2. The molecule has 0 atom stereocenters. The normalized spacial score (nSPS) is 10.4. The molecule has 0 aliphatic rings. The van der Waals surface area contributed by atoms with Gasteiger partial charge in [-0.3, -0.25) is 4.52 Å². The zero-order chi connectivity index (χ0) is 9.97. The summed E-state index contributed by atoms with van der Waals surface area (Å²) in [6.45, 7) is 2.66. The second kappa shape index (κ2) is 3.49. The Morgan fingerprint density at radius 3 is 2.64 bits per heavy atom. The van der Waals surface area contributed by atoms with E-state index in [1.165, 1.54) is 11.8 Å². The summed E-state index contributed by atoms with van der Waals surface area (Å²) < 4.78 is 6.15. The van der Waals surface area contributed by atoms with Gasteiger partial charge >= 0.3 is 5.63 Å². The summed E-state index contributed by atoms with van der Waals surface area (Å²) in [6, 6.07) is 8.11. The zero-order valence-electron chi connectivity index (χ0n) is 7.86. The van der Waals surface area contributed by atoms with E-state index in [0.717, 1.165) is 5.56 Å². The van der Waals surface area contributed by atoms with Gasteiger partial charge in [0.15, 0.2) is 0 Å². The third-order valence-electron chi connectivity index (χ3n) is 2.00. The fourth-order valence-corrected chi connectivity index (χ4v) is 1.25. The molecule has 0 unspecified atom stereocenters.